The lowest BCUT2D eigenvalue weighted by atomic mass is 9.97. The largest absolute Gasteiger partial charge is 0.356 e. The molecular weight excluding hydrogens is 440 g/mol. The SMILES string of the molecule is C=C(Nc1ccc(C)c(-c2ccc3cc(NC(=C)C4CC4)ncc3c2)c1)c1ccc(CN(C)C)cc1. The van der Waals surface area contributed by atoms with E-state index in [1.54, 1.807) is 0 Å². The fourth-order valence-corrected chi connectivity index (χ4v) is 4.51. The van der Waals surface area contributed by atoms with Crippen molar-refractivity contribution in [3.05, 3.63) is 108 Å². The molecule has 36 heavy (non-hydrogen) atoms. The minimum absolute atomic E-state index is 0.604. The Bertz CT molecular complexity index is 1430. The van der Waals surface area contributed by atoms with Crippen molar-refractivity contribution in [2.75, 3.05) is 24.7 Å². The summed E-state index contributed by atoms with van der Waals surface area (Å²) in [5.74, 6) is 1.47. The molecular formula is C32H34N4. The van der Waals surface area contributed by atoms with Gasteiger partial charge >= 0.3 is 0 Å². The van der Waals surface area contributed by atoms with Gasteiger partial charge in [-0.3, -0.25) is 0 Å². The Morgan fingerprint density at radius 1 is 0.917 bits per heavy atom. The maximum absolute atomic E-state index is 4.63. The van der Waals surface area contributed by atoms with Crippen LogP contribution in [0.15, 0.2) is 91.8 Å². The minimum Gasteiger partial charge on any atom is -0.356 e. The fraction of sp³-hybridized carbons (Fsp3) is 0.219. The average molecular weight is 475 g/mol. The van der Waals surface area contributed by atoms with Crippen LogP contribution in [0.25, 0.3) is 27.6 Å². The lowest BCUT2D eigenvalue weighted by Gasteiger charge is -2.15. The first-order valence-corrected chi connectivity index (χ1v) is 12.5. The molecule has 0 aliphatic heterocycles. The summed E-state index contributed by atoms with van der Waals surface area (Å²) in [5, 5.41) is 9.16. The number of hydrogen-bond acceptors (Lipinski definition) is 4. The predicted octanol–water partition coefficient (Wildman–Crippen LogP) is 7.69. The van der Waals surface area contributed by atoms with Gasteiger partial charge in [0.25, 0.3) is 0 Å². The van der Waals surface area contributed by atoms with Gasteiger partial charge in [0.1, 0.15) is 5.82 Å². The topological polar surface area (TPSA) is 40.2 Å². The van der Waals surface area contributed by atoms with E-state index in [1.165, 1.54) is 35.1 Å². The highest BCUT2D eigenvalue weighted by Gasteiger charge is 2.24. The first-order chi connectivity index (χ1) is 17.4. The summed E-state index contributed by atoms with van der Waals surface area (Å²) >= 11 is 0. The Balaban J connectivity index is 1.34. The number of hydrogen-bond donors (Lipinski definition) is 2. The van der Waals surface area contributed by atoms with E-state index in [4.69, 9.17) is 0 Å². The van der Waals surface area contributed by atoms with E-state index in [0.717, 1.165) is 45.8 Å². The molecule has 1 fully saturated rings. The smallest absolute Gasteiger partial charge is 0.130 e. The summed E-state index contributed by atoms with van der Waals surface area (Å²) in [6.45, 7) is 11.5. The first kappa shape index (κ1) is 23.8. The maximum atomic E-state index is 4.63. The van der Waals surface area contributed by atoms with Gasteiger partial charge in [0, 0.05) is 35.2 Å². The monoisotopic (exact) mass is 474 g/mol. The Kier molecular flexibility index (Phi) is 6.62. The highest BCUT2D eigenvalue weighted by atomic mass is 15.0. The van der Waals surface area contributed by atoms with Gasteiger partial charge in [-0.25, -0.2) is 4.98 Å². The van der Waals surface area contributed by atoms with Crippen LogP contribution in [0.5, 0.6) is 0 Å². The van der Waals surface area contributed by atoms with Gasteiger partial charge in [-0.1, -0.05) is 55.6 Å². The van der Waals surface area contributed by atoms with Crippen LogP contribution in [-0.2, 0) is 6.54 Å². The maximum Gasteiger partial charge on any atom is 0.130 e. The molecule has 182 valence electrons. The number of fused-ring (bicyclic) bond motifs is 1. The van der Waals surface area contributed by atoms with Crippen molar-refractivity contribution in [2.45, 2.75) is 26.3 Å². The molecule has 1 saturated carbocycles. The number of rotatable bonds is 9. The zero-order valence-electron chi connectivity index (χ0n) is 21.4. The average Bonchev–Trinajstić information content (AvgIpc) is 3.71. The molecule has 0 unspecified atom stereocenters. The van der Waals surface area contributed by atoms with E-state index in [0.29, 0.717) is 5.92 Å². The van der Waals surface area contributed by atoms with E-state index in [-0.39, 0.29) is 0 Å². The number of pyridine rings is 1. The Morgan fingerprint density at radius 2 is 1.69 bits per heavy atom. The Labute approximate surface area is 214 Å². The lowest BCUT2D eigenvalue weighted by Crippen LogP contribution is -2.10. The molecule has 0 atom stereocenters. The van der Waals surface area contributed by atoms with Crippen molar-refractivity contribution in [1.82, 2.24) is 9.88 Å². The molecule has 1 aliphatic rings. The number of anilines is 2. The summed E-state index contributed by atoms with van der Waals surface area (Å²) in [7, 11) is 4.16. The van der Waals surface area contributed by atoms with Crippen LogP contribution in [0.2, 0.25) is 0 Å². The van der Waals surface area contributed by atoms with Gasteiger partial charge in [0.05, 0.1) is 0 Å². The van der Waals surface area contributed by atoms with Gasteiger partial charge in [0.15, 0.2) is 0 Å². The Hall–Kier alpha value is -3.89. The van der Waals surface area contributed by atoms with E-state index in [9.17, 15) is 0 Å². The molecule has 3 aromatic carbocycles. The predicted molar refractivity (Wildman–Crippen MR) is 154 cm³/mol. The van der Waals surface area contributed by atoms with Crippen LogP contribution in [0.4, 0.5) is 11.5 Å². The minimum atomic E-state index is 0.604. The molecule has 1 heterocycles. The second kappa shape index (κ2) is 10.00. The molecule has 0 saturated heterocycles. The standard InChI is InChI=1S/C32H34N4/c1-21-6-15-30(34-22(2)25-9-7-24(8-10-25)20-36(4)5)18-31(21)28-14-13-27-17-32(33-19-29(27)16-28)35-23(3)26-11-12-26/h6-10,13-19,26,34H,2-3,11-12,20H2,1,4-5H3,(H,33,35). The van der Waals surface area contributed by atoms with Crippen molar-refractivity contribution in [1.29, 1.82) is 0 Å². The molecule has 0 radical (unpaired) electrons. The van der Waals surface area contributed by atoms with Crippen LogP contribution >= 0.6 is 0 Å². The number of benzene rings is 3. The van der Waals surface area contributed by atoms with Gasteiger partial charge in [-0.05, 0) is 97.2 Å². The van der Waals surface area contributed by atoms with E-state index >= 15 is 0 Å². The molecule has 4 heteroatoms. The molecule has 0 spiro atoms. The third kappa shape index (κ3) is 5.50. The molecule has 1 aliphatic carbocycles. The second-order valence-corrected chi connectivity index (χ2v) is 10.1. The molecule has 5 rings (SSSR count). The summed E-state index contributed by atoms with van der Waals surface area (Å²) in [4.78, 5) is 6.80. The van der Waals surface area contributed by atoms with E-state index in [2.05, 4.69) is 121 Å². The second-order valence-electron chi connectivity index (χ2n) is 10.1. The molecule has 0 amide bonds. The normalized spacial score (nSPS) is 13.1. The fourth-order valence-electron chi connectivity index (χ4n) is 4.51. The van der Waals surface area contributed by atoms with Crippen LogP contribution in [0.1, 0.15) is 29.5 Å². The van der Waals surface area contributed by atoms with Crippen molar-refractivity contribution in [3.63, 3.8) is 0 Å². The van der Waals surface area contributed by atoms with Crippen molar-refractivity contribution < 1.29 is 0 Å². The highest BCUT2D eigenvalue weighted by Crippen LogP contribution is 2.36. The van der Waals surface area contributed by atoms with Crippen molar-refractivity contribution >= 4 is 28.0 Å². The zero-order valence-corrected chi connectivity index (χ0v) is 21.4. The van der Waals surface area contributed by atoms with E-state index < -0.39 is 0 Å². The van der Waals surface area contributed by atoms with Gasteiger partial charge < -0.3 is 15.5 Å². The van der Waals surface area contributed by atoms with Gasteiger partial charge in [-0.2, -0.15) is 0 Å². The van der Waals surface area contributed by atoms with Crippen LogP contribution in [0, 0.1) is 12.8 Å². The first-order valence-electron chi connectivity index (χ1n) is 12.5. The number of aryl methyl sites for hydroxylation is 1. The number of aromatic nitrogens is 1. The molecule has 0 bridgehead atoms. The molecule has 4 nitrogen and oxygen atoms in total. The van der Waals surface area contributed by atoms with Crippen LogP contribution in [0.3, 0.4) is 0 Å². The number of allylic oxidation sites excluding steroid dienone is 1. The number of nitrogens with one attached hydrogen (secondary N) is 2. The third-order valence-electron chi connectivity index (χ3n) is 6.73. The van der Waals surface area contributed by atoms with Gasteiger partial charge in [0.2, 0.25) is 0 Å². The van der Waals surface area contributed by atoms with Crippen molar-refractivity contribution in [3.8, 4) is 11.1 Å². The Morgan fingerprint density at radius 3 is 2.42 bits per heavy atom. The van der Waals surface area contributed by atoms with Crippen molar-refractivity contribution in [2.24, 2.45) is 5.92 Å². The molecule has 1 aromatic heterocycles. The summed E-state index contributed by atoms with van der Waals surface area (Å²) in [6.07, 6.45) is 4.40. The van der Waals surface area contributed by atoms with Crippen LogP contribution < -0.4 is 10.6 Å². The highest BCUT2D eigenvalue weighted by molar-refractivity contribution is 5.89. The lowest BCUT2D eigenvalue weighted by molar-refractivity contribution is 0.402. The summed E-state index contributed by atoms with van der Waals surface area (Å²) in [6, 6.07) is 23.7. The third-order valence-corrected chi connectivity index (χ3v) is 6.73. The number of nitrogens with zero attached hydrogens (tertiary/aromatic N) is 2. The summed E-state index contributed by atoms with van der Waals surface area (Å²) in [5.41, 5.74) is 8.95. The molecule has 4 aromatic rings. The van der Waals surface area contributed by atoms with Crippen LogP contribution in [-0.4, -0.2) is 24.0 Å². The quantitative estimate of drug-likeness (QED) is 0.261. The van der Waals surface area contributed by atoms with E-state index in [1.807, 2.05) is 6.20 Å². The zero-order chi connectivity index (χ0) is 25.2. The molecule has 2 N–H and O–H groups in total. The van der Waals surface area contributed by atoms with Gasteiger partial charge in [-0.15, -0.1) is 0 Å². The summed E-state index contributed by atoms with van der Waals surface area (Å²) < 4.78 is 0.